The molecule has 1 amide bonds. The molecule has 7 heteroatoms. The highest BCUT2D eigenvalue weighted by molar-refractivity contribution is 6.31. The molecule has 0 unspecified atom stereocenters. The summed E-state index contributed by atoms with van der Waals surface area (Å²) in [6.45, 7) is 2.45. The second-order valence-electron chi connectivity index (χ2n) is 7.08. The van der Waals surface area contributed by atoms with E-state index in [4.69, 9.17) is 20.8 Å². The molecule has 0 bridgehead atoms. The molecule has 4 aromatic rings. The predicted octanol–water partition coefficient (Wildman–Crippen LogP) is 4.99. The number of anilines is 1. The third-order valence-electron chi connectivity index (χ3n) is 5.24. The van der Waals surface area contributed by atoms with E-state index in [0.29, 0.717) is 34.2 Å². The van der Waals surface area contributed by atoms with Crippen LogP contribution in [0, 0.1) is 0 Å². The molecular formula is C24H17ClN2O4. The van der Waals surface area contributed by atoms with Crippen molar-refractivity contribution in [2.75, 3.05) is 11.5 Å². The summed E-state index contributed by atoms with van der Waals surface area (Å²) in [6.07, 6.45) is 1.60. The van der Waals surface area contributed by atoms with Gasteiger partial charge < -0.3 is 9.15 Å². The van der Waals surface area contributed by atoms with E-state index in [1.54, 1.807) is 42.6 Å². The molecule has 1 atom stereocenters. The molecular weight excluding hydrogens is 416 g/mol. The van der Waals surface area contributed by atoms with Gasteiger partial charge in [0.25, 0.3) is 5.91 Å². The standard InChI is InChI=1S/C24H17ClN2O4/c1-2-30-16-9-6-14(7-10-16)21-20-22(28)17-13-15(25)8-11-18(17)31-23(20)24(29)27(21)19-5-3-4-12-26-19/h3-13,21H,2H2,1H3/t21-/m0/s1. The maximum absolute atomic E-state index is 13.5. The normalized spacial score (nSPS) is 15.4. The van der Waals surface area contributed by atoms with Crippen molar-refractivity contribution in [1.82, 2.24) is 4.98 Å². The summed E-state index contributed by atoms with van der Waals surface area (Å²) < 4.78 is 11.4. The minimum atomic E-state index is -0.687. The van der Waals surface area contributed by atoms with Crippen LogP contribution in [0.1, 0.15) is 34.6 Å². The highest BCUT2D eigenvalue weighted by atomic mass is 35.5. The third kappa shape index (κ3) is 3.16. The van der Waals surface area contributed by atoms with E-state index in [-0.39, 0.29) is 16.8 Å². The van der Waals surface area contributed by atoms with Gasteiger partial charge in [0.1, 0.15) is 17.2 Å². The molecule has 5 rings (SSSR count). The largest absolute Gasteiger partial charge is 0.494 e. The van der Waals surface area contributed by atoms with Gasteiger partial charge in [0.05, 0.1) is 23.6 Å². The zero-order valence-electron chi connectivity index (χ0n) is 16.5. The average Bonchev–Trinajstić information content (AvgIpc) is 3.08. The number of carbonyl (C=O) groups excluding carboxylic acids is 1. The Morgan fingerprint density at radius 3 is 2.61 bits per heavy atom. The average molecular weight is 433 g/mol. The maximum atomic E-state index is 13.5. The van der Waals surface area contributed by atoms with Crippen LogP contribution in [-0.4, -0.2) is 17.5 Å². The lowest BCUT2D eigenvalue weighted by molar-refractivity contribution is 0.0970. The summed E-state index contributed by atoms with van der Waals surface area (Å²) in [5.41, 5.74) is 1.05. The van der Waals surface area contributed by atoms with E-state index in [1.807, 2.05) is 31.2 Å². The lowest BCUT2D eigenvalue weighted by Crippen LogP contribution is -2.30. The van der Waals surface area contributed by atoms with Gasteiger partial charge >= 0.3 is 0 Å². The molecule has 3 heterocycles. The summed E-state index contributed by atoms with van der Waals surface area (Å²) in [6, 6.07) is 16.7. The Morgan fingerprint density at radius 2 is 1.90 bits per heavy atom. The number of hydrogen-bond acceptors (Lipinski definition) is 5. The second kappa shape index (κ2) is 7.56. The lowest BCUT2D eigenvalue weighted by atomic mass is 9.98. The van der Waals surface area contributed by atoms with Gasteiger partial charge in [0.15, 0.2) is 5.43 Å². The number of aromatic nitrogens is 1. The van der Waals surface area contributed by atoms with E-state index < -0.39 is 11.9 Å². The molecule has 0 spiro atoms. The fourth-order valence-electron chi connectivity index (χ4n) is 3.91. The molecule has 0 radical (unpaired) electrons. The first kappa shape index (κ1) is 19.3. The highest BCUT2D eigenvalue weighted by Crippen LogP contribution is 2.41. The second-order valence-corrected chi connectivity index (χ2v) is 7.52. The van der Waals surface area contributed by atoms with E-state index in [0.717, 1.165) is 5.56 Å². The number of fused-ring (bicyclic) bond motifs is 2. The summed E-state index contributed by atoms with van der Waals surface area (Å²) in [5, 5.41) is 0.751. The zero-order chi connectivity index (χ0) is 21.5. The number of amides is 1. The molecule has 0 saturated heterocycles. The molecule has 0 saturated carbocycles. The minimum Gasteiger partial charge on any atom is -0.494 e. The van der Waals surface area contributed by atoms with Crippen molar-refractivity contribution < 1.29 is 13.9 Å². The van der Waals surface area contributed by atoms with Crippen molar-refractivity contribution in [1.29, 1.82) is 0 Å². The summed E-state index contributed by atoms with van der Waals surface area (Å²) in [7, 11) is 0. The number of halogens is 1. The van der Waals surface area contributed by atoms with E-state index in [1.165, 1.54) is 4.90 Å². The van der Waals surface area contributed by atoms with Gasteiger partial charge in [-0.3, -0.25) is 14.5 Å². The number of nitrogens with zero attached hydrogens (tertiary/aromatic N) is 2. The number of carbonyl (C=O) groups is 1. The van der Waals surface area contributed by atoms with Crippen molar-refractivity contribution in [2.45, 2.75) is 13.0 Å². The van der Waals surface area contributed by atoms with Crippen LogP contribution in [-0.2, 0) is 0 Å². The van der Waals surface area contributed by atoms with Crippen LogP contribution >= 0.6 is 11.6 Å². The number of ether oxygens (including phenoxy) is 1. The lowest BCUT2D eigenvalue weighted by Gasteiger charge is -2.24. The summed E-state index contributed by atoms with van der Waals surface area (Å²) in [4.78, 5) is 32.8. The van der Waals surface area contributed by atoms with Gasteiger partial charge in [0, 0.05) is 11.2 Å². The first-order chi connectivity index (χ1) is 15.1. The zero-order valence-corrected chi connectivity index (χ0v) is 17.3. The van der Waals surface area contributed by atoms with E-state index in [9.17, 15) is 9.59 Å². The van der Waals surface area contributed by atoms with Gasteiger partial charge in [-0.25, -0.2) is 4.98 Å². The number of rotatable bonds is 4. The van der Waals surface area contributed by atoms with Crippen LogP contribution < -0.4 is 15.1 Å². The van der Waals surface area contributed by atoms with E-state index in [2.05, 4.69) is 4.98 Å². The Bertz CT molecular complexity index is 1350. The molecule has 154 valence electrons. The number of pyridine rings is 1. The molecule has 0 N–H and O–H groups in total. The van der Waals surface area contributed by atoms with Gasteiger partial charge in [-0.15, -0.1) is 0 Å². The fraction of sp³-hybridized carbons (Fsp3) is 0.125. The predicted molar refractivity (Wildman–Crippen MR) is 118 cm³/mol. The highest BCUT2D eigenvalue weighted by Gasteiger charge is 2.44. The van der Waals surface area contributed by atoms with Crippen LogP contribution in [0.4, 0.5) is 5.82 Å². The monoisotopic (exact) mass is 432 g/mol. The fourth-order valence-corrected chi connectivity index (χ4v) is 4.08. The Morgan fingerprint density at radius 1 is 1.10 bits per heavy atom. The molecule has 0 aliphatic carbocycles. The van der Waals surface area contributed by atoms with Crippen LogP contribution in [0.5, 0.6) is 5.75 Å². The third-order valence-corrected chi connectivity index (χ3v) is 5.47. The smallest absolute Gasteiger partial charge is 0.296 e. The molecule has 6 nitrogen and oxygen atoms in total. The molecule has 2 aromatic carbocycles. The van der Waals surface area contributed by atoms with Crippen molar-refractivity contribution in [2.24, 2.45) is 0 Å². The van der Waals surface area contributed by atoms with Gasteiger partial charge in [-0.1, -0.05) is 29.8 Å². The van der Waals surface area contributed by atoms with Gasteiger partial charge in [-0.2, -0.15) is 0 Å². The first-order valence-electron chi connectivity index (χ1n) is 9.82. The molecule has 31 heavy (non-hydrogen) atoms. The first-order valence-corrected chi connectivity index (χ1v) is 10.2. The Hall–Kier alpha value is -3.64. The van der Waals surface area contributed by atoms with Crippen molar-refractivity contribution >= 4 is 34.3 Å². The van der Waals surface area contributed by atoms with Gasteiger partial charge in [-0.05, 0) is 55.0 Å². The molecule has 2 aromatic heterocycles. The Kier molecular flexibility index (Phi) is 4.71. The number of hydrogen-bond donors (Lipinski definition) is 0. The quantitative estimate of drug-likeness (QED) is 0.454. The van der Waals surface area contributed by atoms with Crippen LogP contribution in [0.3, 0.4) is 0 Å². The molecule has 1 aliphatic heterocycles. The van der Waals surface area contributed by atoms with Crippen LogP contribution in [0.15, 0.2) is 76.1 Å². The van der Waals surface area contributed by atoms with Crippen LogP contribution in [0.25, 0.3) is 11.0 Å². The van der Waals surface area contributed by atoms with E-state index >= 15 is 0 Å². The molecule has 1 aliphatic rings. The van der Waals surface area contributed by atoms with Gasteiger partial charge in [0.2, 0.25) is 5.76 Å². The van der Waals surface area contributed by atoms with Crippen molar-refractivity contribution in [3.8, 4) is 5.75 Å². The Balaban J connectivity index is 1.76. The Labute approximate surface area is 182 Å². The topological polar surface area (TPSA) is 72.6 Å². The minimum absolute atomic E-state index is 0.0179. The summed E-state index contributed by atoms with van der Waals surface area (Å²) in [5.74, 6) is 0.739. The SMILES string of the molecule is CCOc1ccc([C@H]2c3c(oc4ccc(Cl)cc4c3=O)C(=O)N2c2ccccn2)cc1. The van der Waals surface area contributed by atoms with Crippen molar-refractivity contribution in [3.63, 3.8) is 0 Å². The number of benzene rings is 2. The van der Waals surface area contributed by atoms with Crippen molar-refractivity contribution in [3.05, 3.63) is 99.0 Å². The molecule has 0 fully saturated rings. The maximum Gasteiger partial charge on any atom is 0.296 e. The van der Waals surface area contributed by atoms with Crippen LogP contribution in [0.2, 0.25) is 5.02 Å². The summed E-state index contributed by atoms with van der Waals surface area (Å²) >= 11 is 6.11.